The van der Waals surface area contributed by atoms with Crippen LogP contribution in [0.25, 0.3) is 0 Å². The van der Waals surface area contributed by atoms with Crippen LogP contribution in [-0.4, -0.2) is 28.5 Å². The first kappa shape index (κ1) is 14.7. The molecule has 0 bridgehead atoms. The van der Waals surface area contributed by atoms with Gasteiger partial charge in [0, 0.05) is 43.6 Å². The van der Waals surface area contributed by atoms with E-state index in [0.29, 0.717) is 0 Å². The van der Waals surface area contributed by atoms with E-state index in [2.05, 4.69) is 37.9 Å². The number of aromatic nitrogens is 3. The molecule has 2 aromatic heterocycles. The molecule has 0 spiro atoms. The Hall–Kier alpha value is -1.69. The van der Waals surface area contributed by atoms with Crippen molar-refractivity contribution >= 4 is 23.0 Å². The van der Waals surface area contributed by atoms with Crippen LogP contribution >= 0.6 is 11.3 Å². The molecule has 108 valence electrons. The summed E-state index contributed by atoms with van der Waals surface area (Å²) >= 11 is 1.71. The van der Waals surface area contributed by atoms with E-state index < -0.39 is 0 Å². The number of thiazole rings is 1. The highest BCUT2D eigenvalue weighted by Crippen LogP contribution is 2.13. The van der Waals surface area contributed by atoms with E-state index in [4.69, 9.17) is 0 Å². The van der Waals surface area contributed by atoms with Gasteiger partial charge in [-0.15, -0.1) is 11.3 Å². The Labute approximate surface area is 123 Å². The molecule has 0 aliphatic rings. The lowest BCUT2D eigenvalue weighted by Gasteiger charge is -2.09. The summed E-state index contributed by atoms with van der Waals surface area (Å²) in [6, 6.07) is 1.94. The van der Waals surface area contributed by atoms with Crippen molar-refractivity contribution in [3.63, 3.8) is 0 Å². The van der Waals surface area contributed by atoms with Crippen molar-refractivity contribution in [3.05, 3.63) is 28.0 Å². The predicted molar refractivity (Wildman–Crippen MR) is 84.6 cm³/mol. The number of aryl methyl sites for hydroxylation is 2. The zero-order valence-corrected chi connectivity index (χ0v) is 13.0. The average molecular weight is 291 g/mol. The van der Waals surface area contributed by atoms with Gasteiger partial charge in [-0.3, -0.25) is 0 Å². The van der Waals surface area contributed by atoms with Crippen LogP contribution in [0, 0.1) is 6.92 Å². The molecule has 0 unspecified atom stereocenters. The minimum atomic E-state index is 0.832. The standard InChI is InChI=1S/C14H21N5S/c1-4-5-11-18-12(15-3)8-13(19-11)16-7-6-14-17-10(2)9-20-14/h8-9H,4-7H2,1-3H3,(H2,15,16,18,19). The Kier molecular flexibility index (Phi) is 5.29. The highest BCUT2D eigenvalue weighted by molar-refractivity contribution is 7.09. The monoisotopic (exact) mass is 291 g/mol. The Balaban J connectivity index is 1.95. The predicted octanol–water partition coefficient (Wildman–Crippen LogP) is 2.89. The molecule has 0 aliphatic heterocycles. The average Bonchev–Trinajstić information content (AvgIpc) is 2.84. The van der Waals surface area contributed by atoms with E-state index in [0.717, 1.165) is 54.0 Å². The third-order valence-corrected chi connectivity index (χ3v) is 3.84. The summed E-state index contributed by atoms with van der Waals surface area (Å²) < 4.78 is 0. The number of nitrogens with zero attached hydrogens (tertiary/aromatic N) is 3. The van der Waals surface area contributed by atoms with E-state index in [1.165, 1.54) is 0 Å². The molecule has 2 heterocycles. The van der Waals surface area contributed by atoms with Crippen LogP contribution in [0.15, 0.2) is 11.4 Å². The summed E-state index contributed by atoms with van der Waals surface area (Å²) in [5.74, 6) is 2.61. The molecule has 5 nitrogen and oxygen atoms in total. The molecule has 0 fully saturated rings. The van der Waals surface area contributed by atoms with Gasteiger partial charge in [-0.1, -0.05) is 6.92 Å². The summed E-state index contributed by atoms with van der Waals surface area (Å²) in [5, 5.41) is 9.67. The molecule has 20 heavy (non-hydrogen) atoms. The Morgan fingerprint density at radius 1 is 1.15 bits per heavy atom. The van der Waals surface area contributed by atoms with E-state index >= 15 is 0 Å². The first-order valence-electron chi connectivity index (χ1n) is 6.92. The quantitative estimate of drug-likeness (QED) is 0.821. The van der Waals surface area contributed by atoms with E-state index in [9.17, 15) is 0 Å². The molecule has 0 saturated heterocycles. The van der Waals surface area contributed by atoms with Crippen molar-refractivity contribution in [1.29, 1.82) is 0 Å². The second kappa shape index (κ2) is 7.19. The second-order valence-corrected chi connectivity index (χ2v) is 5.56. The molecule has 6 heteroatoms. The van der Waals surface area contributed by atoms with Crippen molar-refractivity contribution in [2.75, 3.05) is 24.2 Å². The van der Waals surface area contributed by atoms with Crippen molar-refractivity contribution in [3.8, 4) is 0 Å². The van der Waals surface area contributed by atoms with Gasteiger partial charge >= 0.3 is 0 Å². The fourth-order valence-electron chi connectivity index (χ4n) is 1.87. The maximum atomic E-state index is 4.53. The molecule has 2 rings (SSSR count). The Morgan fingerprint density at radius 3 is 2.60 bits per heavy atom. The van der Waals surface area contributed by atoms with Gasteiger partial charge in [-0.25, -0.2) is 15.0 Å². The Morgan fingerprint density at radius 2 is 1.95 bits per heavy atom. The zero-order chi connectivity index (χ0) is 14.4. The molecule has 0 saturated carbocycles. The SMILES string of the molecule is CCCc1nc(NC)cc(NCCc2nc(C)cs2)n1. The van der Waals surface area contributed by atoms with E-state index in [1.54, 1.807) is 11.3 Å². The summed E-state index contributed by atoms with van der Waals surface area (Å²) in [7, 11) is 1.88. The van der Waals surface area contributed by atoms with E-state index in [1.807, 2.05) is 20.0 Å². The van der Waals surface area contributed by atoms with Crippen LogP contribution in [0.4, 0.5) is 11.6 Å². The molecule has 2 aromatic rings. The van der Waals surface area contributed by atoms with Gasteiger partial charge in [-0.05, 0) is 13.3 Å². The summed E-state index contributed by atoms with van der Waals surface area (Å²) in [6.07, 6.45) is 2.86. The molecule has 0 atom stereocenters. The first-order valence-corrected chi connectivity index (χ1v) is 7.79. The fraction of sp³-hybridized carbons (Fsp3) is 0.500. The van der Waals surface area contributed by atoms with Gasteiger partial charge in [0.25, 0.3) is 0 Å². The topological polar surface area (TPSA) is 62.7 Å². The minimum Gasteiger partial charge on any atom is -0.373 e. The van der Waals surface area contributed by atoms with Crippen molar-refractivity contribution in [2.45, 2.75) is 33.1 Å². The molecular weight excluding hydrogens is 270 g/mol. The van der Waals surface area contributed by atoms with Crippen LogP contribution in [0.2, 0.25) is 0 Å². The van der Waals surface area contributed by atoms with Crippen LogP contribution in [-0.2, 0) is 12.8 Å². The maximum Gasteiger partial charge on any atom is 0.133 e. The second-order valence-electron chi connectivity index (χ2n) is 4.61. The lowest BCUT2D eigenvalue weighted by Crippen LogP contribution is -2.09. The summed E-state index contributed by atoms with van der Waals surface area (Å²) in [6.45, 7) is 4.99. The van der Waals surface area contributed by atoms with Crippen LogP contribution in [0.3, 0.4) is 0 Å². The summed E-state index contributed by atoms with van der Waals surface area (Å²) in [5.41, 5.74) is 1.09. The number of hydrogen-bond donors (Lipinski definition) is 2. The summed E-state index contributed by atoms with van der Waals surface area (Å²) in [4.78, 5) is 13.4. The molecule has 0 radical (unpaired) electrons. The number of anilines is 2. The zero-order valence-electron chi connectivity index (χ0n) is 12.2. The van der Waals surface area contributed by atoms with Gasteiger partial charge < -0.3 is 10.6 Å². The fourth-order valence-corrected chi connectivity index (χ4v) is 2.64. The van der Waals surface area contributed by atoms with Crippen molar-refractivity contribution in [2.24, 2.45) is 0 Å². The van der Waals surface area contributed by atoms with Gasteiger partial charge in [0.2, 0.25) is 0 Å². The number of hydrogen-bond acceptors (Lipinski definition) is 6. The Bertz CT molecular complexity index is 552. The highest BCUT2D eigenvalue weighted by Gasteiger charge is 2.04. The van der Waals surface area contributed by atoms with Crippen molar-refractivity contribution < 1.29 is 0 Å². The third kappa shape index (κ3) is 4.16. The lowest BCUT2D eigenvalue weighted by molar-refractivity contribution is 0.834. The van der Waals surface area contributed by atoms with Gasteiger partial charge in [0.05, 0.1) is 5.01 Å². The largest absolute Gasteiger partial charge is 0.373 e. The van der Waals surface area contributed by atoms with E-state index in [-0.39, 0.29) is 0 Å². The highest BCUT2D eigenvalue weighted by atomic mass is 32.1. The van der Waals surface area contributed by atoms with Gasteiger partial charge in [0.1, 0.15) is 17.5 Å². The first-order chi connectivity index (χ1) is 9.71. The molecule has 0 aromatic carbocycles. The third-order valence-electron chi connectivity index (χ3n) is 2.81. The smallest absolute Gasteiger partial charge is 0.133 e. The molecule has 0 amide bonds. The normalized spacial score (nSPS) is 10.6. The van der Waals surface area contributed by atoms with Crippen LogP contribution in [0.5, 0.6) is 0 Å². The maximum absolute atomic E-state index is 4.53. The number of nitrogens with one attached hydrogen (secondary N) is 2. The number of rotatable bonds is 7. The van der Waals surface area contributed by atoms with Gasteiger partial charge in [-0.2, -0.15) is 0 Å². The van der Waals surface area contributed by atoms with Crippen molar-refractivity contribution in [1.82, 2.24) is 15.0 Å². The molecule has 2 N–H and O–H groups in total. The van der Waals surface area contributed by atoms with Gasteiger partial charge in [0.15, 0.2) is 0 Å². The molecular formula is C14H21N5S. The minimum absolute atomic E-state index is 0.832. The lowest BCUT2D eigenvalue weighted by atomic mass is 10.3. The molecule has 0 aliphatic carbocycles. The van der Waals surface area contributed by atoms with Crippen LogP contribution in [0.1, 0.15) is 29.9 Å². The van der Waals surface area contributed by atoms with Crippen LogP contribution < -0.4 is 10.6 Å².